The molecule has 0 bridgehead atoms. The third kappa shape index (κ3) is 3.56. The van der Waals surface area contributed by atoms with Gasteiger partial charge < -0.3 is 5.32 Å². The highest BCUT2D eigenvalue weighted by molar-refractivity contribution is 9.10. The van der Waals surface area contributed by atoms with Gasteiger partial charge in [-0.1, -0.05) is 54.4 Å². The summed E-state index contributed by atoms with van der Waals surface area (Å²) in [6.45, 7) is 5.76. The van der Waals surface area contributed by atoms with Gasteiger partial charge in [0.2, 0.25) is 0 Å². The number of hydrogen-bond acceptors (Lipinski definition) is 1. The highest BCUT2D eigenvalue weighted by atomic mass is 79.9. The molecule has 1 aliphatic rings. The second-order valence-corrected chi connectivity index (χ2v) is 6.05. The SMILES string of the molecule is CCC(C)C(CNC1CC1)c1ccccc1Br. The monoisotopic (exact) mass is 295 g/mol. The fraction of sp³-hybridized carbons (Fsp3) is 0.600. The Kier molecular flexibility index (Phi) is 4.63. The van der Waals surface area contributed by atoms with E-state index >= 15 is 0 Å². The van der Waals surface area contributed by atoms with Gasteiger partial charge in [-0.2, -0.15) is 0 Å². The van der Waals surface area contributed by atoms with E-state index in [1.54, 1.807) is 0 Å². The summed E-state index contributed by atoms with van der Waals surface area (Å²) >= 11 is 3.69. The maximum absolute atomic E-state index is 3.69. The molecule has 17 heavy (non-hydrogen) atoms. The molecule has 0 spiro atoms. The van der Waals surface area contributed by atoms with Crippen LogP contribution in [0, 0.1) is 5.92 Å². The molecule has 2 unspecified atom stereocenters. The van der Waals surface area contributed by atoms with E-state index in [-0.39, 0.29) is 0 Å². The first-order chi connectivity index (χ1) is 8.22. The van der Waals surface area contributed by atoms with Gasteiger partial charge in [0, 0.05) is 23.0 Å². The number of benzene rings is 1. The van der Waals surface area contributed by atoms with E-state index in [0.29, 0.717) is 5.92 Å². The molecular formula is C15H22BrN. The molecule has 0 radical (unpaired) electrons. The lowest BCUT2D eigenvalue weighted by molar-refractivity contribution is 0.418. The van der Waals surface area contributed by atoms with E-state index in [1.165, 1.54) is 29.3 Å². The molecule has 0 aromatic heterocycles. The number of hydrogen-bond donors (Lipinski definition) is 1. The van der Waals surface area contributed by atoms with E-state index in [0.717, 1.165) is 18.5 Å². The van der Waals surface area contributed by atoms with Crippen molar-refractivity contribution in [3.63, 3.8) is 0 Å². The summed E-state index contributed by atoms with van der Waals surface area (Å²) in [5.41, 5.74) is 1.45. The first kappa shape index (κ1) is 13.1. The van der Waals surface area contributed by atoms with Gasteiger partial charge in [0.15, 0.2) is 0 Å². The van der Waals surface area contributed by atoms with Gasteiger partial charge in [-0.3, -0.25) is 0 Å². The van der Waals surface area contributed by atoms with Crippen LogP contribution in [0.2, 0.25) is 0 Å². The van der Waals surface area contributed by atoms with Crippen molar-refractivity contribution in [3.05, 3.63) is 34.3 Å². The molecule has 2 rings (SSSR count). The van der Waals surface area contributed by atoms with Gasteiger partial charge in [-0.15, -0.1) is 0 Å². The van der Waals surface area contributed by atoms with Crippen molar-refractivity contribution >= 4 is 15.9 Å². The van der Waals surface area contributed by atoms with E-state index in [2.05, 4.69) is 59.4 Å². The molecular weight excluding hydrogens is 274 g/mol. The molecule has 0 amide bonds. The van der Waals surface area contributed by atoms with E-state index in [4.69, 9.17) is 0 Å². The van der Waals surface area contributed by atoms with Gasteiger partial charge >= 0.3 is 0 Å². The van der Waals surface area contributed by atoms with Crippen LogP contribution in [0.5, 0.6) is 0 Å². The Balaban J connectivity index is 2.10. The summed E-state index contributed by atoms with van der Waals surface area (Å²) in [6.07, 6.45) is 3.96. The predicted molar refractivity (Wildman–Crippen MR) is 77.4 cm³/mol. The molecule has 1 N–H and O–H groups in total. The zero-order chi connectivity index (χ0) is 12.3. The van der Waals surface area contributed by atoms with Crippen molar-refractivity contribution in [1.82, 2.24) is 5.32 Å². The summed E-state index contributed by atoms with van der Waals surface area (Å²) < 4.78 is 1.25. The first-order valence-electron chi connectivity index (χ1n) is 6.70. The third-order valence-corrected chi connectivity index (χ3v) is 4.56. The van der Waals surface area contributed by atoms with E-state index in [1.807, 2.05) is 0 Å². The summed E-state index contributed by atoms with van der Waals surface area (Å²) in [5, 5.41) is 3.68. The fourth-order valence-electron chi connectivity index (χ4n) is 2.26. The Labute approximate surface area is 113 Å². The second-order valence-electron chi connectivity index (χ2n) is 5.20. The number of rotatable bonds is 6. The molecule has 2 atom stereocenters. The summed E-state index contributed by atoms with van der Waals surface area (Å²) in [7, 11) is 0. The van der Waals surface area contributed by atoms with Crippen molar-refractivity contribution in [3.8, 4) is 0 Å². The Morgan fingerprint density at radius 2 is 2.06 bits per heavy atom. The third-order valence-electron chi connectivity index (χ3n) is 3.84. The lowest BCUT2D eigenvalue weighted by Crippen LogP contribution is -2.27. The van der Waals surface area contributed by atoms with Crippen molar-refractivity contribution in [2.24, 2.45) is 5.92 Å². The predicted octanol–water partition coefficient (Wildman–Crippen LogP) is 4.33. The number of halogens is 1. The molecule has 1 nitrogen and oxygen atoms in total. The van der Waals surface area contributed by atoms with Gasteiger partial charge in [-0.05, 0) is 30.4 Å². The fourth-order valence-corrected chi connectivity index (χ4v) is 2.84. The Morgan fingerprint density at radius 1 is 1.35 bits per heavy atom. The van der Waals surface area contributed by atoms with Crippen molar-refractivity contribution in [1.29, 1.82) is 0 Å². The topological polar surface area (TPSA) is 12.0 Å². The van der Waals surface area contributed by atoms with Gasteiger partial charge in [0.1, 0.15) is 0 Å². The molecule has 1 aliphatic carbocycles. The molecule has 94 valence electrons. The van der Waals surface area contributed by atoms with Crippen LogP contribution in [0.4, 0.5) is 0 Å². The lowest BCUT2D eigenvalue weighted by Gasteiger charge is -2.25. The van der Waals surface area contributed by atoms with Crippen LogP contribution in [0.15, 0.2) is 28.7 Å². The van der Waals surface area contributed by atoms with E-state index < -0.39 is 0 Å². The largest absolute Gasteiger partial charge is 0.313 e. The Morgan fingerprint density at radius 3 is 2.65 bits per heavy atom. The summed E-state index contributed by atoms with van der Waals surface area (Å²) in [4.78, 5) is 0. The minimum absolute atomic E-state index is 0.621. The zero-order valence-electron chi connectivity index (χ0n) is 10.7. The van der Waals surface area contributed by atoms with Crippen LogP contribution in [0.25, 0.3) is 0 Å². The molecule has 1 saturated carbocycles. The Bertz CT molecular complexity index is 360. The second kappa shape index (κ2) is 6.01. The van der Waals surface area contributed by atoms with Crippen molar-refractivity contribution in [2.45, 2.75) is 45.1 Å². The van der Waals surface area contributed by atoms with Crippen molar-refractivity contribution < 1.29 is 0 Å². The maximum Gasteiger partial charge on any atom is 0.0210 e. The van der Waals surface area contributed by atoms with Crippen LogP contribution < -0.4 is 5.32 Å². The van der Waals surface area contributed by atoms with Crippen LogP contribution in [-0.2, 0) is 0 Å². The molecule has 0 aliphatic heterocycles. The average Bonchev–Trinajstić information content (AvgIpc) is 3.15. The van der Waals surface area contributed by atoms with Crippen molar-refractivity contribution in [2.75, 3.05) is 6.54 Å². The van der Waals surface area contributed by atoms with Crippen LogP contribution in [-0.4, -0.2) is 12.6 Å². The molecule has 0 saturated heterocycles. The zero-order valence-corrected chi connectivity index (χ0v) is 12.3. The molecule has 1 aromatic carbocycles. The first-order valence-corrected chi connectivity index (χ1v) is 7.49. The minimum atomic E-state index is 0.621. The molecule has 1 fully saturated rings. The minimum Gasteiger partial charge on any atom is -0.313 e. The number of nitrogens with one attached hydrogen (secondary N) is 1. The van der Waals surface area contributed by atoms with Gasteiger partial charge in [-0.25, -0.2) is 0 Å². The van der Waals surface area contributed by atoms with Crippen LogP contribution >= 0.6 is 15.9 Å². The van der Waals surface area contributed by atoms with Gasteiger partial charge in [0.25, 0.3) is 0 Å². The average molecular weight is 296 g/mol. The van der Waals surface area contributed by atoms with E-state index in [9.17, 15) is 0 Å². The summed E-state index contributed by atoms with van der Waals surface area (Å²) in [6, 6.07) is 9.45. The van der Waals surface area contributed by atoms with Gasteiger partial charge in [0.05, 0.1) is 0 Å². The highest BCUT2D eigenvalue weighted by Crippen LogP contribution is 2.32. The quantitative estimate of drug-likeness (QED) is 0.824. The summed E-state index contributed by atoms with van der Waals surface area (Å²) in [5.74, 6) is 1.34. The smallest absolute Gasteiger partial charge is 0.0210 e. The lowest BCUT2D eigenvalue weighted by atomic mass is 9.85. The standard InChI is InChI=1S/C15H22BrN/c1-3-11(2)14(10-17-12-8-9-12)13-6-4-5-7-15(13)16/h4-7,11-12,14,17H,3,8-10H2,1-2H3. The van der Waals surface area contributed by atoms with Crippen LogP contribution in [0.1, 0.15) is 44.6 Å². The normalized spacial score (nSPS) is 19.0. The highest BCUT2D eigenvalue weighted by Gasteiger charge is 2.25. The maximum atomic E-state index is 3.69. The molecule has 0 heterocycles. The van der Waals surface area contributed by atoms with Crippen LogP contribution in [0.3, 0.4) is 0 Å². The molecule has 2 heteroatoms. The Hall–Kier alpha value is -0.340. The molecule has 1 aromatic rings.